The van der Waals surface area contributed by atoms with Crippen LogP contribution in [0.3, 0.4) is 0 Å². The maximum Gasteiger partial charge on any atom is 0.416 e. The van der Waals surface area contributed by atoms with Crippen molar-refractivity contribution < 1.29 is 21.6 Å². The minimum absolute atomic E-state index is 0.00947. The summed E-state index contributed by atoms with van der Waals surface area (Å²) in [6, 6.07) is 12.7. The SMILES string of the molecule is CC1(S(=O)(=O)N2CC=Cc3ccc(C(F)(F)F)cc32)C=CC=C(c2ccccc2)C1. The van der Waals surface area contributed by atoms with E-state index < -0.39 is 26.5 Å². The van der Waals surface area contributed by atoms with Gasteiger partial charge in [0.1, 0.15) is 4.75 Å². The van der Waals surface area contributed by atoms with Crippen molar-refractivity contribution in [2.24, 2.45) is 0 Å². The summed E-state index contributed by atoms with van der Waals surface area (Å²) < 4.78 is 66.9. The third-order valence-corrected chi connectivity index (χ3v) is 7.89. The van der Waals surface area contributed by atoms with Gasteiger partial charge in [-0.2, -0.15) is 13.2 Å². The highest BCUT2D eigenvalue weighted by Gasteiger charge is 2.44. The lowest BCUT2D eigenvalue weighted by atomic mass is 9.90. The molecule has 1 aliphatic heterocycles. The molecule has 0 saturated heterocycles. The molecule has 0 spiro atoms. The van der Waals surface area contributed by atoms with Gasteiger partial charge in [0.05, 0.1) is 17.8 Å². The first-order chi connectivity index (χ1) is 14.1. The largest absolute Gasteiger partial charge is 0.416 e. The zero-order valence-corrected chi connectivity index (χ0v) is 17.0. The van der Waals surface area contributed by atoms with E-state index in [9.17, 15) is 21.6 Å². The van der Waals surface area contributed by atoms with Gasteiger partial charge in [-0.05, 0) is 42.2 Å². The number of fused-ring (bicyclic) bond motifs is 1. The van der Waals surface area contributed by atoms with E-state index in [1.54, 1.807) is 31.2 Å². The van der Waals surface area contributed by atoms with Crippen molar-refractivity contribution in [2.75, 3.05) is 10.8 Å². The van der Waals surface area contributed by atoms with Gasteiger partial charge in [0.2, 0.25) is 10.0 Å². The highest BCUT2D eigenvalue weighted by Crippen LogP contribution is 2.42. The topological polar surface area (TPSA) is 37.4 Å². The Morgan fingerprint density at radius 2 is 1.80 bits per heavy atom. The lowest BCUT2D eigenvalue weighted by Gasteiger charge is -2.37. The zero-order valence-electron chi connectivity index (χ0n) is 16.2. The van der Waals surface area contributed by atoms with E-state index in [2.05, 4.69) is 0 Å². The molecule has 0 N–H and O–H groups in total. The predicted molar refractivity (Wildman–Crippen MR) is 113 cm³/mol. The van der Waals surface area contributed by atoms with Crippen LogP contribution in [0.1, 0.15) is 30.0 Å². The second-order valence-corrected chi connectivity index (χ2v) is 9.94. The van der Waals surface area contributed by atoms with Crippen molar-refractivity contribution in [3.63, 3.8) is 0 Å². The Morgan fingerprint density at radius 3 is 2.50 bits per heavy atom. The van der Waals surface area contributed by atoms with Crippen LogP contribution < -0.4 is 4.31 Å². The van der Waals surface area contributed by atoms with Gasteiger partial charge in [0.15, 0.2) is 0 Å². The van der Waals surface area contributed by atoms with Gasteiger partial charge in [-0.3, -0.25) is 4.31 Å². The first kappa shape index (κ1) is 20.5. The van der Waals surface area contributed by atoms with Crippen LogP contribution in [0.2, 0.25) is 0 Å². The van der Waals surface area contributed by atoms with Crippen LogP contribution in [0.15, 0.2) is 72.8 Å². The average Bonchev–Trinajstić information content (AvgIpc) is 2.73. The Morgan fingerprint density at radius 1 is 1.07 bits per heavy atom. The van der Waals surface area contributed by atoms with Crippen LogP contribution in [-0.2, 0) is 16.2 Å². The average molecular weight is 431 g/mol. The van der Waals surface area contributed by atoms with Crippen LogP contribution in [0, 0.1) is 0 Å². The van der Waals surface area contributed by atoms with Gasteiger partial charge in [-0.15, -0.1) is 0 Å². The van der Waals surface area contributed by atoms with E-state index in [-0.39, 0.29) is 18.7 Å². The normalized spacial score (nSPS) is 21.3. The van der Waals surface area contributed by atoms with Gasteiger partial charge in [0, 0.05) is 0 Å². The molecule has 0 amide bonds. The van der Waals surface area contributed by atoms with Crippen molar-refractivity contribution in [1.29, 1.82) is 0 Å². The van der Waals surface area contributed by atoms with Gasteiger partial charge in [-0.25, -0.2) is 8.42 Å². The maximum absolute atomic E-state index is 13.7. The maximum atomic E-state index is 13.7. The number of allylic oxidation sites excluding steroid dienone is 3. The molecule has 1 atom stereocenters. The Balaban J connectivity index is 1.74. The number of nitrogens with zero attached hydrogens (tertiary/aromatic N) is 1. The summed E-state index contributed by atoms with van der Waals surface area (Å²) in [4.78, 5) is 0. The number of hydrogen-bond donors (Lipinski definition) is 0. The van der Waals surface area contributed by atoms with Crippen LogP contribution >= 0.6 is 0 Å². The lowest BCUT2D eigenvalue weighted by molar-refractivity contribution is -0.137. The zero-order chi connectivity index (χ0) is 21.6. The lowest BCUT2D eigenvalue weighted by Crippen LogP contribution is -2.47. The molecule has 156 valence electrons. The smallest absolute Gasteiger partial charge is 0.265 e. The highest BCUT2D eigenvalue weighted by atomic mass is 32.2. The molecule has 1 unspecified atom stereocenters. The second kappa shape index (κ2) is 7.16. The van der Waals surface area contributed by atoms with Crippen LogP contribution in [-0.4, -0.2) is 19.7 Å². The number of benzene rings is 2. The number of halogens is 3. The molecule has 2 aromatic carbocycles. The number of rotatable bonds is 3. The molecule has 7 heteroatoms. The molecule has 3 nitrogen and oxygen atoms in total. The molecule has 2 aromatic rings. The van der Waals surface area contributed by atoms with Crippen LogP contribution in [0.25, 0.3) is 11.6 Å². The fraction of sp³-hybridized carbons (Fsp3) is 0.217. The molecule has 30 heavy (non-hydrogen) atoms. The van der Waals surface area contributed by atoms with Crippen molar-refractivity contribution in [3.05, 3.63) is 89.5 Å². The molecule has 2 aliphatic rings. The van der Waals surface area contributed by atoms with Gasteiger partial charge in [0.25, 0.3) is 0 Å². The summed E-state index contributed by atoms with van der Waals surface area (Å²) >= 11 is 0. The van der Waals surface area contributed by atoms with E-state index in [4.69, 9.17) is 0 Å². The molecule has 0 radical (unpaired) electrons. The molecule has 1 aliphatic carbocycles. The van der Waals surface area contributed by atoms with Crippen molar-refractivity contribution in [2.45, 2.75) is 24.3 Å². The molecule has 4 rings (SSSR count). The van der Waals surface area contributed by atoms with E-state index in [1.807, 2.05) is 36.4 Å². The minimum Gasteiger partial charge on any atom is -0.265 e. The Labute approximate surface area is 173 Å². The third kappa shape index (κ3) is 3.47. The molecule has 1 heterocycles. The Bertz CT molecular complexity index is 1160. The van der Waals surface area contributed by atoms with Crippen molar-refractivity contribution in [1.82, 2.24) is 0 Å². The fourth-order valence-corrected chi connectivity index (χ4v) is 5.61. The number of hydrogen-bond acceptors (Lipinski definition) is 2. The second-order valence-electron chi connectivity index (χ2n) is 7.62. The molecular formula is C23H20F3NO2S. The predicted octanol–water partition coefficient (Wildman–Crippen LogP) is 5.67. The minimum atomic E-state index is -4.55. The summed E-state index contributed by atoms with van der Waals surface area (Å²) in [7, 11) is -4.01. The first-order valence-corrected chi connectivity index (χ1v) is 10.9. The summed E-state index contributed by atoms with van der Waals surface area (Å²) in [5.74, 6) is 0. The number of anilines is 1. The number of alkyl halides is 3. The van der Waals surface area contributed by atoms with E-state index >= 15 is 0 Å². The van der Waals surface area contributed by atoms with Gasteiger partial charge in [-0.1, -0.05) is 66.8 Å². The molecule has 0 aromatic heterocycles. The summed E-state index contributed by atoms with van der Waals surface area (Å²) in [5, 5.41) is 0. The highest BCUT2D eigenvalue weighted by molar-refractivity contribution is 7.94. The monoisotopic (exact) mass is 431 g/mol. The van der Waals surface area contributed by atoms with E-state index in [0.717, 1.165) is 27.6 Å². The van der Waals surface area contributed by atoms with Gasteiger partial charge < -0.3 is 0 Å². The quantitative estimate of drug-likeness (QED) is 0.628. The Kier molecular flexibility index (Phi) is 4.89. The summed E-state index contributed by atoms with van der Waals surface area (Å²) in [5.41, 5.74) is 1.41. The molecule has 0 saturated carbocycles. The number of sulfonamides is 1. The van der Waals surface area contributed by atoms with Crippen LogP contribution in [0.5, 0.6) is 0 Å². The molecule has 0 fully saturated rings. The fourth-order valence-electron chi connectivity index (χ4n) is 3.82. The molecular weight excluding hydrogens is 411 g/mol. The first-order valence-electron chi connectivity index (χ1n) is 9.46. The van der Waals surface area contributed by atoms with Gasteiger partial charge >= 0.3 is 6.18 Å². The van der Waals surface area contributed by atoms with E-state index in [0.29, 0.717) is 5.56 Å². The van der Waals surface area contributed by atoms with Crippen molar-refractivity contribution in [3.8, 4) is 0 Å². The standard InChI is InChI=1S/C23H20F3NO2S/c1-22(13-5-9-19(16-22)17-7-3-2-4-8-17)30(28,29)27-14-6-10-18-11-12-20(15-21(18)27)23(24,25)26/h2-13,15H,14,16H2,1H3. The van der Waals surface area contributed by atoms with E-state index in [1.165, 1.54) is 6.07 Å². The summed E-state index contributed by atoms with van der Waals surface area (Å²) in [6.07, 6.45) is 4.16. The summed E-state index contributed by atoms with van der Waals surface area (Å²) in [6.45, 7) is 1.60. The molecule has 0 bridgehead atoms. The van der Waals surface area contributed by atoms with Crippen molar-refractivity contribution >= 4 is 27.4 Å². The Hall–Kier alpha value is -2.80. The third-order valence-electron chi connectivity index (χ3n) is 5.51. The van der Waals surface area contributed by atoms with Crippen LogP contribution in [0.4, 0.5) is 18.9 Å².